The van der Waals surface area contributed by atoms with Gasteiger partial charge in [0.25, 0.3) is 0 Å². The van der Waals surface area contributed by atoms with E-state index in [9.17, 15) is 0 Å². The molecular formula is C18H23NO. The normalized spacial score (nSPS) is 12.4. The van der Waals surface area contributed by atoms with Crippen LogP contribution in [-0.2, 0) is 0 Å². The topological polar surface area (TPSA) is 21.3 Å². The van der Waals surface area contributed by atoms with Crippen molar-refractivity contribution < 1.29 is 4.74 Å². The molecule has 0 bridgehead atoms. The van der Waals surface area contributed by atoms with Gasteiger partial charge in [0.1, 0.15) is 11.9 Å². The van der Waals surface area contributed by atoms with E-state index < -0.39 is 0 Å². The Kier molecular flexibility index (Phi) is 5.19. The van der Waals surface area contributed by atoms with E-state index in [0.717, 1.165) is 12.3 Å². The van der Waals surface area contributed by atoms with Crippen molar-refractivity contribution in [2.75, 3.05) is 13.6 Å². The molecule has 2 aromatic carbocycles. The number of likely N-dealkylation sites (N-methyl/N-ethyl adjacent to an activating group) is 1. The van der Waals surface area contributed by atoms with Gasteiger partial charge in [0, 0.05) is 6.54 Å². The Hall–Kier alpha value is -1.80. The van der Waals surface area contributed by atoms with Crippen molar-refractivity contribution in [1.82, 2.24) is 5.32 Å². The fourth-order valence-corrected chi connectivity index (χ4v) is 2.15. The largest absolute Gasteiger partial charge is 0.489 e. The molecule has 0 saturated carbocycles. The molecule has 0 aliphatic carbocycles. The zero-order valence-electron chi connectivity index (χ0n) is 12.5. The number of hydrogen-bond donors (Lipinski definition) is 1. The fraction of sp³-hybridized carbons (Fsp3) is 0.333. The highest BCUT2D eigenvalue weighted by Gasteiger charge is 2.14. The minimum absolute atomic E-state index is 0.197. The fourth-order valence-electron chi connectivity index (χ4n) is 2.15. The first-order valence-corrected chi connectivity index (χ1v) is 7.17. The maximum atomic E-state index is 6.04. The quantitative estimate of drug-likeness (QED) is 0.856. The van der Waals surface area contributed by atoms with E-state index in [4.69, 9.17) is 4.74 Å². The second-order valence-corrected chi connectivity index (χ2v) is 5.35. The summed E-state index contributed by atoms with van der Waals surface area (Å²) in [6.45, 7) is 5.22. The number of rotatable bonds is 6. The van der Waals surface area contributed by atoms with Crippen LogP contribution in [0.5, 0.6) is 5.75 Å². The zero-order chi connectivity index (χ0) is 14.4. The number of nitrogens with one attached hydrogen (secondary N) is 1. The molecule has 0 saturated heterocycles. The molecule has 20 heavy (non-hydrogen) atoms. The van der Waals surface area contributed by atoms with Gasteiger partial charge >= 0.3 is 0 Å². The summed E-state index contributed by atoms with van der Waals surface area (Å²) < 4.78 is 6.04. The molecule has 2 aromatic rings. The molecule has 2 rings (SSSR count). The van der Waals surface area contributed by atoms with Crippen LogP contribution in [0.2, 0.25) is 0 Å². The van der Waals surface area contributed by atoms with Crippen molar-refractivity contribution in [2.24, 2.45) is 5.92 Å². The predicted molar refractivity (Wildman–Crippen MR) is 85.1 cm³/mol. The first-order valence-electron chi connectivity index (χ1n) is 7.17. The van der Waals surface area contributed by atoms with E-state index in [1.165, 1.54) is 11.1 Å². The van der Waals surface area contributed by atoms with E-state index in [1.54, 1.807) is 0 Å². The van der Waals surface area contributed by atoms with Crippen LogP contribution in [-0.4, -0.2) is 19.7 Å². The third-order valence-electron chi connectivity index (χ3n) is 3.40. The van der Waals surface area contributed by atoms with Crippen molar-refractivity contribution in [3.63, 3.8) is 0 Å². The van der Waals surface area contributed by atoms with Crippen LogP contribution >= 0.6 is 0 Å². The molecule has 0 radical (unpaired) electrons. The highest BCUT2D eigenvalue weighted by molar-refractivity contribution is 5.63. The van der Waals surface area contributed by atoms with E-state index >= 15 is 0 Å². The van der Waals surface area contributed by atoms with Crippen molar-refractivity contribution in [3.05, 3.63) is 54.6 Å². The summed E-state index contributed by atoms with van der Waals surface area (Å²) in [7, 11) is 1.96. The molecule has 0 aliphatic heterocycles. The third-order valence-corrected chi connectivity index (χ3v) is 3.40. The van der Waals surface area contributed by atoms with Gasteiger partial charge in [-0.2, -0.15) is 0 Å². The molecule has 1 N–H and O–H groups in total. The first-order chi connectivity index (χ1) is 9.70. The van der Waals surface area contributed by atoms with Crippen molar-refractivity contribution in [2.45, 2.75) is 20.0 Å². The lowest BCUT2D eigenvalue weighted by Crippen LogP contribution is -2.33. The Morgan fingerprint density at radius 3 is 2.05 bits per heavy atom. The molecule has 0 heterocycles. The van der Waals surface area contributed by atoms with Gasteiger partial charge in [-0.15, -0.1) is 0 Å². The third kappa shape index (κ3) is 3.84. The summed E-state index contributed by atoms with van der Waals surface area (Å²) in [4.78, 5) is 0. The highest BCUT2D eigenvalue weighted by Crippen LogP contribution is 2.23. The second kappa shape index (κ2) is 7.11. The number of ether oxygens (including phenoxy) is 1. The number of benzene rings is 2. The molecular weight excluding hydrogens is 246 g/mol. The highest BCUT2D eigenvalue weighted by atomic mass is 16.5. The Balaban J connectivity index is 2.08. The van der Waals surface area contributed by atoms with Gasteiger partial charge in [-0.05, 0) is 36.2 Å². The molecule has 0 spiro atoms. The standard InChI is InChI=1S/C18H23NO/c1-14(2)18(13-19-3)20-17-11-9-16(10-12-17)15-7-5-4-6-8-15/h4-12,14,18-19H,13H2,1-3H3. The Morgan fingerprint density at radius 1 is 0.900 bits per heavy atom. The molecule has 1 unspecified atom stereocenters. The first kappa shape index (κ1) is 14.6. The van der Waals surface area contributed by atoms with E-state index in [1.807, 2.05) is 25.2 Å². The van der Waals surface area contributed by atoms with Crippen molar-refractivity contribution in [3.8, 4) is 16.9 Å². The van der Waals surface area contributed by atoms with Gasteiger partial charge in [0.2, 0.25) is 0 Å². The summed E-state index contributed by atoms with van der Waals surface area (Å²) in [5.41, 5.74) is 2.45. The Labute approximate surface area is 121 Å². The maximum absolute atomic E-state index is 6.04. The minimum atomic E-state index is 0.197. The monoisotopic (exact) mass is 269 g/mol. The van der Waals surface area contributed by atoms with Crippen LogP contribution in [0.3, 0.4) is 0 Å². The van der Waals surface area contributed by atoms with Gasteiger partial charge in [-0.3, -0.25) is 0 Å². The van der Waals surface area contributed by atoms with E-state index in [-0.39, 0.29) is 6.10 Å². The summed E-state index contributed by atoms with van der Waals surface area (Å²) in [5, 5.41) is 3.18. The van der Waals surface area contributed by atoms with Crippen LogP contribution in [0.15, 0.2) is 54.6 Å². The van der Waals surface area contributed by atoms with Crippen LogP contribution in [0.4, 0.5) is 0 Å². The van der Waals surface area contributed by atoms with Crippen LogP contribution < -0.4 is 10.1 Å². The van der Waals surface area contributed by atoms with Gasteiger partial charge in [0.15, 0.2) is 0 Å². The number of hydrogen-bond acceptors (Lipinski definition) is 2. The molecule has 106 valence electrons. The average molecular weight is 269 g/mol. The van der Waals surface area contributed by atoms with E-state index in [0.29, 0.717) is 5.92 Å². The lowest BCUT2D eigenvalue weighted by molar-refractivity contribution is 0.151. The van der Waals surface area contributed by atoms with Gasteiger partial charge < -0.3 is 10.1 Å². The van der Waals surface area contributed by atoms with Gasteiger partial charge in [-0.1, -0.05) is 56.3 Å². The molecule has 0 amide bonds. The zero-order valence-corrected chi connectivity index (χ0v) is 12.5. The summed E-state index contributed by atoms with van der Waals surface area (Å²) in [6.07, 6.45) is 0.197. The predicted octanol–water partition coefficient (Wildman–Crippen LogP) is 3.98. The Bertz CT molecular complexity index is 505. The molecule has 2 nitrogen and oxygen atoms in total. The molecule has 1 atom stereocenters. The minimum Gasteiger partial charge on any atom is -0.489 e. The maximum Gasteiger partial charge on any atom is 0.119 e. The van der Waals surface area contributed by atoms with Crippen molar-refractivity contribution >= 4 is 0 Å². The van der Waals surface area contributed by atoms with Crippen molar-refractivity contribution in [1.29, 1.82) is 0 Å². The van der Waals surface area contributed by atoms with Crippen LogP contribution in [0.1, 0.15) is 13.8 Å². The van der Waals surface area contributed by atoms with Gasteiger partial charge in [0.05, 0.1) is 0 Å². The lowest BCUT2D eigenvalue weighted by Gasteiger charge is -2.22. The molecule has 0 fully saturated rings. The second-order valence-electron chi connectivity index (χ2n) is 5.35. The Morgan fingerprint density at radius 2 is 1.50 bits per heavy atom. The molecule has 0 aromatic heterocycles. The van der Waals surface area contributed by atoms with Gasteiger partial charge in [-0.25, -0.2) is 0 Å². The smallest absolute Gasteiger partial charge is 0.119 e. The summed E-state index contributed by atoms with van der Waals surface area (Å²) in [5.74, 6) is 1.41. The summed E-state index contributed by atoms with van der Waals surface area (Å²) >= 11 is 0. The average Bonchev–Trinajstić information content (AvgIpc) is 2.48. The SMILES string of the molecule is CNCC(Oc1ccc(-c2ccccc2)cc1)C(C)C. The van der Waals surface area contributed by atoms with E-state index in [2.05, 4.69) is 55.6 Å². The lowest BCUT2D eigenvalue weighted by atomic mass is 10.1. The molecule has 2 heteroatoms. The van der Waals surface area contributed by atoms with Crippen LogP contribution in [0.25, 0.3) is 11.1 Å². The van der Waals surface area contributed by atoms with Crippen LogP contribution in [0, 0.1) is 5.92 Å². The summed E-state index contributed by atoms with van der Waals surface area (Å²) in [6, 6.07) is 18.7. The molecule has 0 aliphatic rings.